The van der Waals surface area contributed by atoms with Crippen molar-refractivity contribution < 1.29 is 14.7 Å². The lowest BCUT2D eigenvalue weighted by molar-refractivity contribution is -0.129. The van der Waals surface area contributed by atoms with Crippen LogP contribution in [0, 0.1) is 11.3 Å². The van der Waals surface area contributed by atoms with Crippen molar-refractivity contribution in [3.63, 3.8) is 0 Å². The Kier molecular flexibility index (Phi) is 7.68. The van der Waals surface area contributed by atoms with Crippen molar-refractivity contribution in [3.05, 3.63) is 0 Å². The van der Waals surface area contributed by atoms with E-state index >= 15 is 0 Å². The molecule has 0 fully saturated rings. The Hall–Kier alpha value is -1.10. The third-order valence-corrected chi connectivity index (χ3v) is 3.06. The molecule has 0 aliphatic heterocycles. The van der Waals surface area contributed by atoms with E-state index in [4.69, 9.17) is 5.11 Å². The van der Waals surface area contributed by atoms with E-state index in [1.165, 1.54) is 6.92 Å². The molecule has 0 saturated heterocycles. The smallest absolute Gasteiger partial charge is 0.242 e. The lowest BCUT2D eigenvalue weighted by Crippen LogP contribution is -2.50. The molecular weight excluding hydrogens is 244 g/mol. The van der Waals surface area contributed by atoms with Crippen LogP contribution in [0.1, 0.15) is 47.5 Å². The SMILES string of the molecule is CC(=O)NC(C(=O)NCC(C)(C)CCCO)C(C)C. The molecule has 112 valence electrons. The summed E-state index contributed by atoms with van der Waals surface area (Å²) in [6.07, 6.45) is 1.57. The number of aliphatic hydroxyl groups excluding tert-OH is 1. The van der Waals surface area contributed by atoms with Crippen LogP contribution in [-0.2, 0) is 9.59 Å². The predicted octanol–water partition coefficient (Wildman–Crippen LogP) is 1.06. The number of rotatable bonds is 8. The highest BCUT2D eigenvalue weighted by molar-refractivity contribution is 5.87. The molecule has 0 aromatic rings. The zero-order chi connectivity index (χ0) is 15.1. The molecule has 19 heavy (non-hydrogen) atoms. The molecule has 0 aromatic heterocycles. The monoisotopic (exact) mass is 272 g/mol. The summed E-state index contributed by atoms with van der Waals surface area (Å²) in [4.78, 5) is 23.2. The van der Waals surface area contributed by atoms with Gasteiger partial charge in [0.1, 0.15) is 6.04 Å². The van der Waals surface area contributed by atoms with Gasteiger partial charge in [-0.05, 0) is 24.2 Å². The zero-order valence-electron chi connectivity index (χ0n) is 12.7. The Morgan fingerprint density at radius 1 is 1.26 bits per heavy atom. The third-order valence-electron chi connectivity index (χ3n) is 3.06. The molecule has 0 aliphatic rings. The van der Waals surface area contributed by atoms with Gasteiger partial charge in [-0.3, -0.25) is 9.59 Å². The molecule has 0 aliphatic carbocycles. The van der Waals surface area contributed by atoms with Crippen molar-refractivity contribution >= 4 is 11.8 Å². The number of carbonyl (C=O) groups excluding carboxylic acids is 2. The van der Waals surface area contributed by atoms with Crippen LogP contribution in [0.5, 0.6) is 0 Å². The number of nitrogens with one attached hydrogen (secondary N) is 2. The first-order valence-electron chi connectivity index (χ1n) is 6.85. The maximum Gasteiger partial charge on any atom is 0.242 e. The van der Waals surface area contributed by atoms with Gasteiger partial charge in [0, 0.05) is 20.1 Å². The van der Waals surface area contributed by atoms with Crippen LogP contribution >= 0.6 is 0 Å². The molecule has 0 saturated carbocycles. The lowest BCUT2D eigenvalue weighted by atomic mass is 9.87. The van der Waals surface area contributed by atoms with Crippen molar-refractivity contribution in [1.29, 1.82) is 0 Å². The van der Waals surface area contributed by atoms with Crippen molar-refractivity contribution in [2.24, 2.45) is 11.3 Å². The fraction of sp³-hybridized carbons (Fsp3) is 0.857. The number of carbonyl (C=O) groups is 2. The third kappa shape index (κ3) is 7.82. The second-order valence-corrected chi connectivity index (χ2v) is 6.13. The quantitative estimate of drug-likeness (QED) is 0.618. The largest absolute Gasteiger partial charge is 0.396 e. The molecule has 0 heterocycles. The normalized spacial score (nSPS) is 13.2. The maximum atomic E-state index is 12.1. The molecule has 5 nitrogen and oxygen atoms in total. The molecule has 0 bridgehead atoms. The highest BCUT2D eigenvalue weighted by Gasteiger charge is 2.25. The van der Waals surface area contributed by atoms with Crippen LogP contribution < -0.4 is 10.6 Å². The molecule has 0 rings (SSSR count). The Bertz CT molecular complexity index is 301. The molecule has 1 unspecified atom stereocenters. The van der Waals surface area contributed by atoms with E-state index in [1.807, 2.05) is 27.7 Å². The Morgan fingerprint density at radius 2 is 1.84 bits per heavy atom. The van der Waals surface area contributed by atoms with Crippen molar-refractivity contribution in [1.82, 2.24) is 10.6 Å². The van der Waals surface area contributed by atoms with E-state index in [9.17, 15) is 9.59 Å². The van der Waals surface area contributed by atoms with E-state index in [-0.39, 0.29) is 29.8 Å². The summed E-state index contributed by atoms with van der Waals surface area (Å²) >= 11 is 0. The molecule has 0 radical (unpaired) electrons. The predicted molar refractivity (Wildman–Crippen MR) is 75.6 cm³/mol. The number of hydrogen-bond acceptors (Lipinski definition) is 3. The summed E-state index contributed by atoms with van der Waals surface area (Å²) in [5.74, 6) is -0.305. The van der Waals surface area contributed by atoms with E-state index < -0.39 is 6.04 Å². The first-order chi connectivity index (χ1) is 8.69. The fourth-order valence-electron chi connectivity index (χ4n) is 1.84. The summed E-state index contributed by atoms with van der Waals surface area (Å²) in [6, 6.07) is -0.494. The molecule has 2 amide bonds. The fourth-order valence-corrected chi connectivity index (χ4v) is 1.84. The van der Waals surface area contributed by atoms with Gasteiger partial charge in [0.2, 0.25) is 11.8 Å². The average molecular weight is 272 g/mol. The van der Waals surface area contributed by atoms with Crippen molar-refractivity contribution in [3.8, 4) is 0 Å². The summed E-state index contributed by atoms with van der Waals surface area (Å²) in [6.45, 7) is 10.0. The van der Waals surface area contributed by atoms with Crippen LogP contribution in [0.2, 0.25) is 0 Å². The molecule has 5 heteroatoms. The number of hydrogen-bond donors (Lipinski definition) is 3. The van der Waals surface area contributed by atoms with Crippen LogP contribution in [0.3, 0.4) is 0 Å². The van der Waals surface area contributed by atoms with Gasteiger partial charge in [-0.1, -0.05) is 27.7 Å². The average Bonchev–Trinajstić information content (AvgIpc) is 2.30. The Balaban J connectivity index is 4.36. The van der Waals surface area contributed by atoms with Crippen LogP contribution in [0.25, 0.3) is 0 Å². The second kappa shape index (κ2) is 8.15. The second-order valence-electron chi connectivity index (χ2n) is 6.13. The van der Waals surface area contributed by atoms with Crippen LogP contribution in [0.4, 0.5) is 0 Å². The summed E-state index contributed by atoms with van der Waals surface area (Å²) in [5.41, 5.74) is -0.0594. The molecular formula is C14H28N2O3. The van der Waals surface area contributed by atoms with Crippen molar-refractivity contribution in [2.75, 3.05) is 13.2 Å². The summed E-state index contributed by atoms with van der Waals surface area (Å²) in [5, 5.41) is 14.4. The highest BCUT2D eigenvalue weighted by Crippen LogP contribution is 2.20. The van der Waals surface area contributed by atoms with Crippen molar-refractivity contribution in [2.45, 2.75) is 53.5 Å². The standard InChI is InChI=1S/C14H28N2O3/c1-10(2)12(16-11(3)18)13(19)15-9-14(4,5)7-6-8-17/h10,12,17H,6-9H2,1-5H3,(H,15,19)(H,16,18). The van der Waals surface area contributed by atoms with Gasteiger partial charge in [-0.2, -0.15) is 0 Å². The van der Waals surface area contributed by atoms with Gasteiger partial charge in [-0.25, -0.2) is 0 Å². The highest BCUT2D eigenvalue weighted by atomic mass is 16.3. The minimum absolute atomic E-state index is 0.0458. The van der Waals surface area contributed by atoms with E-state index in [2.05, 4.69) is 10.6 Å². The minimum atomic E-state index is -0.494. The molecule has 3 N–H and O–H groups in total. The first-order valence-corrected chi connectivity index (χ1v) is 6.85. The van der Waals surface area contributed by atoms with E-state index in [0.717, 1.165) is 12.8 Å². The van der Waals surface area contributed by atoms with Crippen LogP contribution in [-0.4, -0.2) is 36.1 Å². The lowest BCUT2D eigenvalue weighted by Gasteiger charge is -2.27. The number of aliphatic hydroxyl groups is 1. The molecule has 1 atom stereocenters. The summed E-state index contributed by atoms with van der Waals surface area (Å²) in [7, 11) is 0. The van der Waals surface area contributed by atoms with E-state index in [0.29, 0.717) is 6.54 Å². The van der Waals surface area contributed by atoms with Gasteiger partial charge in [0.05, 0.1) is 0 Å². The maximum absolute atomic E-state index is 12.1. The van der Waals surface area contributed by atoms with Gasteiger partial charge in [0.25, 0.3) is 0 Å². The Morgan fingerprint density at radius 3 is 2.26 bits per heavy atom. The first kappa shape index (κ1) is 17.9. The number of amides is 2. The topological polar surface area (TPSA) is 78.4 Å². The van der Waals surface area contributed by atoms with Crippen LogP contribution in [0.15, 0.2) is 0 Å². The van der Waals surface area contributed by atoms with Gasteiger partial charge >= 0.3 is 0 Å². The molecule has 0 spiro atoms. The Labute approximate surface area is 116 Å². The minimum Gasteiger partial charge on any atom is -0.396 e. The zero-order valence-corrected chi connectivity index (χ0v) is 12.7. The summed E-state index contributed by atoms with van der Waals surface area (Å²) < 4.78 is 0. The van der Waals surface area contributed by atoms with Gasteiger partial charge < -0.3 is 15.7 Å². The molecule has 0 aromatic carbocycles. The van der Waals surface area contributed by atoms with E-state index in [1.54, 1.807) is 0 Å². The van der Waals surface area contributed by atoms with Gasteiger partial charge in [0.15, 0.2) is 0 Å². The van der Waals surface area contributed by atoms with Gasteiger partial charge in [-0.15, -0.1) is 0 Å².